The van der Waals surface area contributed by atoms with Crippen LogP contribution in [0.25, 0.3) is 0 Å². The van der Waals surface area contributed by atoms with Gasteiger partial charge < -0.3 is 29.3 Å². The summed E-state index contributed by atoms with van der Waals surface area (Å²) in [5.41, 5.74) is 2.22. The summed E-state index contributed by atoms with van der Waals surface area (Å²) in [6.07, 6.45) is 3.91. The van der Waals surface area contributed by atoms with Crippen LogP contribution in [0.4, 0.5) is 0 Å². The fourth-order valence-corrected chi connectivity index (χ4v) is 4.63. The standard InChI is InChI=1S/C20H22ClN5O8S/c1-10-5-14(28)26(10)17(19(31)32)20(2,35(33)34)8-25-7-11(22-9-25)6-23-24-18(30)12-3-4-13(27)16(29)15(12)21/h3-4,6-7,9-10,17,27,29H,5,8H2,1-2H3,(H,24,30)(H,31,32)(H,33,34)/p-1/b23-6+/t10-,17+,20+/m1/s1. The number of hydrogen-bond donors (Lipinski definition) is 4. The van der Waals surface area contributed by atoms with Crippen molar-refractivity contribution in [1.82, 2.24) is 19.9 Å². The number of carbonyl (C=O) groups excluding carboxylic acids is 2. The van der Waals surface area contributed by atoms with Gasteiger partial charge in [-0.05, 0) is 37.1 Å². The lowest BCUT2D eigenvalue weighted by Gasteiger charge is -2.49. The normalized spacial score (nSPS) is 19.1. The lowest BCUT2D eigenvalue weighted by Crippen LogP contribution is -2.67. The smallest absolute Gasteiger partial charge is 0.328 e. The number of phenolic OH excluding ortho intramolecular Hbond substituents is 2. The molecule has 0 aliphatic carbocycles. The molecule has 35 heavy (non-hydrogen) atoms. The molecule has 2 amide bonds. The average molecular weight is 527 g/mol. The quantitative estimate of drug-likeness (QED) is 0.117. The number of rotatable bonds is 9. The fourth-order valence-electron chi connectivity index (χ4n) is 3.73. The van der Waals surface area contributed by atoms with Crippen LogP contribution in [0.5, 0.6) is 11.5 Å². The Morgan fingerprint density at radius 1 is 1.46 bits per heavy atom. The highest BCUT2D eigenvalue weighted by Gasteiger charge is 2.51. The predicted molar refractivity (Wildman–Crippen MR) is 122 cm³/mol. The topological polar surface area (TPSA) is 197 Å². The van der Waals surface area contributed by atoms with Crippen LogP contribution >= 0.6 is 11.6 Å². The van der Waals surface area contributed by atoms with Gasteiger partial charge >= 0.3 is 5.97 Å². The Morgan fingerprint density at radius 2 is 2.14 bits per heavy atom. The number of hydrogen-bond acceptors (Lipinski definition) is 9. The second kappa shape index (κ2) is 10.0. The van der Waals surface area contributed by atoms with Crippen molar-refractivity contribution >= 4 is 46.7 Å². The molecule has 1 aliphatic rings. The average Bonchev–Trinajstić information content (AvgIpc) is 3.22. The minimum Gasteiger partial charge on any atom is -0.772 e. The number of carboxylic acid groups (broad SMARTS) is 1. The summed E-state index contributed by atoms with van der Waals surface area (Å²) in [5.74, 6) is -3.83. The molecule has 13 nitrogen and oxygen atoms in total. The predicted octanol–water partition coefficient (Wildman–Crippen LogP) is 0.423. The number of imidazole rings is 1. The van der Waals surface area contributed by atoms with Gasteiger partial charge in [-0.2, -0.15) is 5.10 Å². The monoisotopic (exact) mass is 526 g/mol. The van der Waals surface area contributed by atoms with Gasteiger partial charge in [-0.25, -0.2) is 15.2 Å². The third-order valence-electron chi connectivity index (χ3n) is 5.56. The molecule has 2 heterocycles. The summed E-state index contributed by atoms with van der Waals surface area (Å²) in [6, 6.07) is 0.243. The molecule has 1 aromatic heterocycles. The van der Waals surface area contributed by atoms with E-state index in [0.717, 1.165) is 17.2 Å². The number of aromatic hydroxyl groups is 2. The molecule has 1 aliphatic heterocycles. The number of halogens is 1. The first-order chi connectivity index (χ1) is 16.4. The van der Waals surface area contributed by atoms with Gasteiger partial charge in [-0.1, -0.05) is 11.6 Å². The van der Waals surface area contributed by atoms with E-state index in [1.165, 1.54) is 30.1 Å². The van der Waals surface area contributed by atoms with Crippen LogP contribution in [0.1, 0.15) is 36.3 Å². The summed E-state index contributed by atoms with van der Waals surface area (Å²) >= 11 is 2.94. The van der Waals surface area contributed by atoms with Crippen LogP contribution in [0, 0.1) is 0 Å². The molecule has 1 fully saturated rings. The number of carboxylic acids is 1. The van der Waals surface area contributed by atoms with Gasteiger partial charge in [0.05, 0.1) is 27.9 Å². The minimum absolute atomic E-state index is 0.137. The minimum atomic E-state index is -2.88. The van der Waals surface area contributed by atoms with E-state index in [1.807, 2.05) is 0 Å². The van der Waals surface area contributed by atoms with Crippen molar-refractivity contribution < 1.29 is 38.5 Å². The maximum absolute atomic E-state index is 12.2. The second-order valence-electron chi connectivity index (χ2n) is 8.11. The van der Waals surface area contributed by atoms with Crippen molar-refractivity contribution in [2.24, 2.45) is 5.10 Å². The zero-order valence-corrected chi connectivity index (χ0v) is 20.0. The van der Waals surface area contributed by atoms with Crippen LogP contribution in [-0.2, 0) is 27.2 Å². The maximum Gasteiger partial charge on any atom is 0.328 e. The van der Waals surface area contributed by atoms with E-state index in [2.05, 4.69) is 15.5 Å². The molecule has 4 atom stereocenters. The number of β-lactam (4-membered cyclic amide) rings is 1. The molecule has 188 valence electrons. The maximum atomic E-state index is 12.2. The molecular weight excluding hydrogens is 506 g/mol. The van der Waals surface area contributed by atoms with Gasteiger partial charge in [-0.15, -0.1) is 0 Å². The van der Waals surface area contributed by atoms with E-state index >= 15 is 0 Å². The Bertz CT molecular complexity index is 1230. The molecule has 0 radical (unpaired) electrons. The summed E-state index contributed by atoms with van der Waals surface area (Å²) in [5, 5.41) is 32.1. The van der Waals surface area contributed by atoms with Gasteiger partial charge in [-0.3, -0.25) is 13.8 Å². The van der Waals surface area contributed by atoms with Crippen molar-refractivity contribution in [1.29, 1.82) is 0 Å². The van der Waals surface area contributed by atoms with E-state index in [4.69, 9.17) is 11.6 Å². The third-order valence-corrected chi connectivity index (χ3v) is 7.05. The number of phenols is 2. The van der Waals surface area contributed by atoms with Crippen molar-refractivity contribution in [3.05, 3.63) is 40.9 Å². The Kier molecular flexibility index (Phi) is 7.47. The van der Waals surface area contributed by atoms with Crippen LogP contribution in [0.15, 0.2) is 29.8 Å². The number of hydrazone groups is 1. The molecule has 0 bridgehead atoms. The van der Waals surface area contributed by atoms with E-state index < -0.39 is 57.2 Å². The van der Waals surface area contributed by atoms with Gasteiger partial charge in [0.25, 0.3) is 5.91 Å². The van der Waals surface area contributed by atoms with Crippen molar-refractivity contribution in [2.45, 2.75) is 43.6 Å². The van der Waals surface area contributed by atoms with Crippen molar-refractivity contribution in [3.63, 3.8) is 0 Å². The molecule has 0 spiro atoms. The first kappa shape index (κ1) is 26.1. The number of amides is 2. The summed E-state index contributed by atoms with van der Waals surface area (Å²) in [6.45, 7) is 2.54. The SMILES string of the molecule is C[C@@H]1CC(=O)N1[C@@H](C(=O)O)[C@](C)(Cn1cnc(/C=N/NC(=O)c2ccc(O)c(O)c2Cl)c1)S(=O)[O-]. The van der Waals surface area contributed by atoms with Crippen LogP contribution in [0.3, 0.4) is 0 Å². The van der Waals surface area contributed by atoms with E-state index in [-0.39, 0.29) is 29.2 Å². The zero-order chi connectivity index (χ0) is 26.1. The molecule has 4 N–H and O–H groups in total. The van der Waals surface area contributed by atoms with Crippen LogP contribution < -0.4 is 5.43 Å². The summed E-state index contributed by atoms with van der Waals surface area (Å²) in [7, 11) is 0. The molecule has 1 aromatic carbocycles. The van der Waals surface area contributed by atoms with Crippen LogP contribution in [-0.4, -0.2) is 79.4 Å². The second-order valence-corrected chi connectivity index (χ2v) is 9.89. The first-order valence-electron chi connectivity index (χ1n) is 10.1. The van der Waals surface area contributed by atoms with Crippen molar-refractivity contribution in [3.8, 4) is 11.5 Å². The molecule has 3 rings (SSSR count). The molecule has 15 heteroatoms. The molecule has 1 saturated heterocycles. The highest BCUT2D eigenvalue weighted by atomic mass is 35.5. The lowest BCUT2D eigenvalue weighted by atomic mass is 9.91. The molecular formula is C20H21ClN5O8S-. The van der Waals surface area contributed by atoms with Gasteiger partial charge in [0.2, 0.25) is 5.91 Å². The van der Waals surface area contributed by atoms with Gasteiger partial charge in [0, 0.05) is 25.2 Å². The number of aromatic nitrogens is 2. The number of nitrogens with one attached hydrogen (secondary N) is 1. The zero-order valence-electron chi connectivity index (χ0n) is 18.4. The van der Waals surface area contributed by atoms with E-state index in [1.54, 1.807) is 6.92 Å². The Hall–Kier alpha value is -3.49. The molecule has 0 saturated carbocycles. The summed E-state index contributed by atoms with van der Waals surface area (Å²) in [4.78, 5) is 41.2. The molecule has 1 unspecified atom stereocenters. The highest BCUT2D eigenvalue weighted by Crippen LogP contribution is 2.35. The largest absolute Gasteiger partial charge is 0.772 e. The van der Waals surface area contributed by atoms with E-state index in [0.29, 0.717) is 0 Å². The first-order valence-corrected chi connectivity index (χ1v) is 11.5. The van der Waals surface area contributed by atoms with Crippen molar-refractivity contribution in [2.75, 3.05) is 0 Å². The third kappa shape index (κ3) is 5.13. The highest BCUT2D eigenvalue weighted by molar-refractivity contribution is 7.80. The lowest BCUT2D eigenvalue weighted by molar-refractivity contribution is -0.163. The van der Waals surface area contributed by atoms with Gasteiger partial charge in [0.15, 0.2) is 11.5 Å². The fraction of sp³-hybridized carbons (Fsp3) is 0.350. The number of benzene rings is 1. The number of nitrogens with zero attached hydrogens (tertiary/aromatic N) is 4. The number of carbonyl (C=O) groups is 3. The van der Waals surface area contributed by atoms with E-state index in [9.17, 15) is 38.5 Å². The number of likely N-dealkylation sites (tertiary alicyclic amines) is 1. The molecule has 2 aromatic rings. The summed E-state index contributed by atoms with van der Waals surface area (Å²) < 4.78 is 23.7. The number of aliphatic carboxylic acids is 1. The Balaban J connectivity index is 1.74. The van der Waals surface area contributed by atoms with Crippen LogP contribution in [0.2, 0.25) is 5.02 Å². The van der Waals surface area contributed by atoms with Gasteiger partial charge in [0.1, 0.15) is 11.7 Å². The Morgan fingerprint density at radius 3 is 2.71 bits per heavy atom. The Labute approximate surface area is 206 Å².